The smallest absolute Gasteiger partial charge is 0.305 e. The summed E-state index contributed by atoms with van der Waals surface area (Å²) in [6, 6.07) is 12.7. The van der Waals surface area contributed by atoms with Crippen molar-refractivity contribution in [1.29, 1.82) is 0 Å². The van der Waals surface area contributed by atoms with Gasteiger partial charge in [0.05, 0.1) is 24.1 Å². The zero-order chi connectivity index (χ0) is 18.9. The van der Waals surface area contributed by atoms with Gasteiger partial charge in [0.2, 0.25) is 5.91 Å². The summed E-state index contributed by atoms with van der Waals surface area (Å²) in [6.07, 6.45) is 0.284. The van der Waals surface area contributed by atoms with Crippen LogP contribution in [0.3, 0.4) is 0 Å². The average molecular weight is 380 g/mol. The van der Waals surface area contributed by atoms with Gasteiger partial charge in [0, 0.05) is 0 Å². The van der Waals surface area contributed by atoms with Gasteiger partial charge >= 0.3 is 5.97 Å². The second kappa shape index (κ2) is 9.89. The number of carbonyl (C=O) groups is 2. The highest BCUT2D eigenvalue weighted by Crippen LogP contribution is 2.22. The quantitative estimate of drug-likeness (QED) is 0.655. The van der Waals surface area contributed by atoms with Crippen LogP contribution in [0.15, 0.2) is 48.5 Å². The standard InChI is InChI=1S/C19H19ClFNO4/c20-15-7-6-14(10-16(15)21)17(11-19(24)25)22-18(23)12-26-9-8-13-4-2-1-3-5-13/h1-7,10,17H,8-9,11-12H2,(H,22,23)(H,24,25). The molecule has 0 heterocycles. The fourth-order valence-corrected chi connectivity index (χ4v) is 2.51. The van der Waals surface area contributed by atoms with Gasteiger partial charge in [-0.3, -0.25) is 9.59 Å². The summed E-state index contributed by atoms with van der Waals surface area (Å²) in [4.78, 5) is 23.1. The van der Waals surface area contributed by atoms with Crippen molar-refractivity contribution in [3.63, 3.8) is 0 Å². The van der Waals surface area contributed by atoms with Crippen molar-refractivity contribution in [1.82, 2.24) is 5.32 Å². The molecule has 0 saturated carbocycles. The van der Waals surface area contributed by atoms with Crippen molar-refractivity contribution in [2.24, 2.45) is 0 Å². The SMILES string of the molecule is O=C(O)CC(NC(=O)COCCc1ccccc1)c1ccc(Cl)c(F)c1. The third kappa shape index (κ3) is 6.46. The number of hydrogen-bond acceptors (Lipinski definition) is 3. The van der Waals surface area contributed by atoms with Crippen molar-refractivity contribution < 1.29 is 23.8 Å². The van der Waals surface area contributed by atoms with Crippen LogP contribution >= 0.6 is 11.6 Å². The molecule has 1 amide bonds. The van der Waals surface area contributed by atoms with E-state index < -0.39 is 23.7 Å². The second-order valence-corrected chi connectivity index (χ2v) is 6.09. The maximum atomic E-state index is 13.6. The molecule has 0 bridgehead atoms. The highest BCUT2D eigenvalue weighted by atomic mass is 35.5. The maximum Gasteiger partial charge on any atom is 0.305 e. The van der Waals surface area contributed by atoms with Crippen LogP contribution in [-0.2, 0) is 20.7 Å². The van der Waals surface area contributed by atoms with Gasteiger partial charge in [0.1, 0.15) is 12.4 Å². The van der Waals surface area contributed by atoms with E-state index in [1.165, 1.54) is 12.1 Å². The molecule has 0 aromatic heterocycles. The van der Waals surface area contributed by atoms with E-state index in [0.717, 1.165) is 11.6 Å². The van der Waals surface area contributed by atoms with Crippen LogP contribution in [0, 0.1) is 5.82 Å². The number of carboxylic acids is 1. The van der Waals surface area contributed by atoms with Crippen molar-refractivity contribution in [3.05, 3.63) is 70.5 Å². The summed E-state index contributed by atoms with van der Waals surface area (Å²) in [7, 11) is 0. The molecule has 1 unspecified atom stereocenters. The summed E-state index contributed by atoms with van der Waals surface area (Å²) in [5, 5.41) is 11.5. The van der Waals surface area contributed by atoms with Gasteiger partial charge in [-0.1, -0.05) is 48.0 Å². The molecule has 138 valence electrons. The fourth-order valence-electron chi connectivity index (χ4n) is 2.39. The molecule has 0 aliphatic heterocycles. The molecule has 0 saturated heterocycles. The van der Waals surface area contributed by atoms with E-state index in [1.807, 2.05) is 30.3 Å². The molecule has 0 radical (unpaired) electrons. The monoisotopic (exact) mass is 379 g/mol. The Labute approximate surface area is 155 Å². The summed E-state index contributed by atoms with van der Waals surface area (Å²) in [5.41, 5.74) is 1.42. The second-order valence-electron chi connectivity index (χ2n) is 5.68. The molecule has 26 heavy (non-hydrogen) atoms. The number of carboxylic acid groups (broad SMARTS) is 1. The van der Waals surface area contributed by atoms with E-state index in [0.29, 0.717) is 18.6 Å². The number of hydrogen-bond donors (Lipinski definition) is 2. The van der Waals surface area contributed by atoms with E-state index >= 15 is 0 Å². The van der Waals surface area contributed by atoms with Gasteiger partial charge in [-0.2, -0.15) is 0 Å². The van der Waals surface area contributed by atoms with Crippen LogP contribution in [0.4, 0.5) is 4.39 Å². The van der Waals surface area contributed by atoms with Gasteiger partial charge < -0.3 is 15.2 Å². The summed E-state index contributed by atoms with van der Waals surface area (Å²) < 4.78 is 18.9. The van der Waals surface area contributed by atoms with Crippen LogP contribution in [0.2, 0.25) is 5.02 Å². The van der Waals surface area contributed by atoms with Crippen molar-refractivity contribution in [2.75, 3.05) is 13.2 Å². The third-order valence-electron chi connectivity index (χ3n) is 3.67. The Balaban J connectivity index is 1.87. The Hall–Kier alpha value is -2.44. The molecule has 0 fully saturated rings. The molecule has 2 aromatic rings. The minimum atomic E-state index is -1.12. The van der Waals surface area contributed by atoms with E-state index in [4.69, 9.17) is 21.4 Å². The molecule has 0 spiro atoms. The first kappa shape index (κ1) is 19.9. The summed E-state index contributed by atoms with van der Waals surface area (Å²) in [6.45, 7) is 0.148. The number of aliphatic carboxylic acids is 1. The highest BCUT2D eigenvalue weighted by Gasteiger charge is 2.19. The molecule has 0 aliphatic rings. The van der Waals surface area contributed by atoms with Gasteiger partial charge in [-0.25, -0.2) is 4.39 Å². The Morgan fingerprint density at radius 2 is 1.92 bits per heavy atom. The lowest BCUT2D eigenvalue weighted by atomic mass is 10.0. The minimum Gasteiger partial charge on any atom is -0.481 e. The van der Waals surface area contributed by atoms with Crippen LogP contribution in [0.5, 0.6) is 0 Å². The van der Waals surface area contributed by atoms with E-state index in [2.05, 4.69) is 5.32 Å². The molecule has 2 N–H and O–H groups in total. The topological polar surface area (TPSA) is 75.6 Å². The predicted molar refractivity (Wildman–Crippen MR) is 95.5 cm³/mol. The Kier molecular flexibility index (Phi) is 7.56. The molecule has 1 atom stereocenters. The fraction of sp³-hybridized carbons (Fsp3) is 0.263. The van der Waals surface area contributed by atoms with Crippen molar-refractivity contribution in [2.45, 2.75) is 18.9 Å². The Bertz CT molecular complexity index is 754. The average Bonchev–Trinajstić information content (AvgIpc) is 2.61. The lowest BCUT2D eigenvalue weighted by molar-refractivity contribution is -0.138. The molecule has 2 rings (SSSR count). The van der Waals surface area contributed by atoms with Crippen LogP contribution < -0.4 is 5.32 Å². The van der Waals surface area contributed by atoms with E-state index in [1.54, 1.807) is 0 Å². The van der Waals surface area contributed by atoms with Crippen molar-refractivity contribution >= 4 is 23.5 Å². The number of ether oxygens (including phenoxy) is 1. The van der Waals surface area contributed by atoms with Crippen LogP contribution in [0.25, 0.3) is 0 Å². The van der Waals surface area contributed by atoms with Crippen LogP contribution in [-0.4, -0.2) is 30.2 Å². The number of rotatable bonds is 9. The Morgan fingerprint density at radius 1 is 1.19 bits per heavy atom. The van der Waals surface area contributed by atoms with E-state index in [-0.39, 0.29) is 18.1 Å². The number of halogens is 2. The number of benzene rings is 2. The number of carbonyl (C=O) groups excluding carboxylic acids is 1. The predicted octanol–water partition coefficient (Wildman–Crippen LogP) is 3.37. The molecular formula is C19H19ClFNO4. The molecule has 5 nitrogen and oxygen atoms in total. The molecule has 0 aliphatic carbocycles. The normalized spacial score (nSPS) is 11.8. The Morgan fingerprint density at radius 3 is 2.58 bits per heavy atom. The highest BCUT2D eigenvalue weighted by molar-refractivity contribution is 6.30. The zero-order valence-electron chi connectivity index (χ0n) is 14.0. The van der Waals surface area contributed by atoms with Crippen molar-refractivity contribution in [3.8, 4) is 0 Å². The van der Waals surface area contributed by atoms with Gasteiger partial charge in [-0.15, -0.1) is 0 Å². The molecule has 7 heteroatoms. The first-order chi connectivity index (χ1) is 12.5. The summed E-state index contributed by atoms with van der Waals surface area (Å²) in [5.74, 6) is -2.26. The third-order valence-corrected chi connectivity index (χ3v) is 3.98. The summed E-state index contributed by atoms with van der Waals surface area (Å²) >= 11 is 5.63. The lowest BCUT2D eigenvalue weighted by Gasteiger charge is -2.18. The minimum absolute atomic E-state index is 0.0709. The molecule has 2 aromatic carbocycles. The number of nitrogens with one attached hydrogen (secondary N) is 1. The first-order valence-corrected chi connectivity index (χ1v) is 8.41. The van der Waals surface area contributed by atoms with Gasteiger partial charge in [0.15, 0.2) is 0 Å². The zero-order valence-corrected chi connectivity index (χ0v) is 14.7. The molecular weight excluding hydrogens is 361 g/mol. The number of amides is 1. The van der Waals surface area contributed by atoms with Crippen LogP contribution in [0.1, 0.15) is 23.6 Å². The maximum absolute atomic E-state index is 13.6. The van der Waals surface area contributed by atoms with Gasteiger partial charge in [0.25, 0.3) is 0 Å². The van der Waals surface area contributed by atoms with Gasteiger partial charge in [-0.05, 0) is 29.7 Å². The lowest BCUT2D eigenvalue weighted by Crippen LogP contribution is -2.33. The van der Waals surface area contributed by atoms with E-state index in [9.17, 15) is 14.0 Å². The largest absolute Gasteiger partial charge is 0.481 e. The first-order valence-electron chi connectivity index (χ1n) is 8.03.